The van der Waals surface area contributed by atoms with Crippen molar-refractivity contribution < 1.29 is 47.0 Å². The molecule has 0 bridgehead atoms. The summed E-state index contributed by atoms with van der Waals surface area (Å²) in [6, 6.07) is 6.02. The van der Waals surface area contributed by atoms with Crippen LogP contribution in [0.25, 0.3) is 0 Å². The highest BCUT2D eigenvalue weighted by molar-refractivity contribution is 5.98. The van der Waals surface area contributed by atoms with Gasteiger partial charge in [-0.15, -0.1) is 0 Å². The van der Waals surface area contributed by atoms with Gasteiger partial charge >= 0.3 is 12.6 Å². The first-order valence-electron chi connectivity index (χ1n) is 8.46. The van der Waals surface area contributed by atoms with E-state index in [0.717, 1.165) is 13.2 Å². The maximum atomic E-state index is 12.5. The highest BCUT2D eigenvalue weighted by Crippen LogP contribution is 2.36. The number of fused-ring (bicyclic) bond motifs is 1. The minimum Gasteiger partial charge on any atom is -0.493 e. The van der Waals surface area contributed by atoms with Crippen molar-refractivity contribution in [3.05, 3.63) is 46.0 Å². The Morgan fingerprint density at radius 1 is 1.19 bits per heavy atom. The molecule has 164 valence electrons. The van der Waals surface area contributed by atoms with Crippen LogP contribution in [0.3, 0.4) is 0 Å². The number of alkyl halides is 2. The number of methoxy groups -OCH3 is 1. The SMILES string of the molecule is COc1cc(C(=O)OCC(=O)Nc2ccc3c(c2)OCO3)c([N+](=O)[O-])cc1OC(F)F. The fraction of sp³-hybridized carbons (Fsp3) is 0.222. The molecule has 11 nitrogen and oxygen atoms in total. The molecule has 0 aliphatic carbocycles. The van der Waals surface area contributed by atoms with Gasteiger partial charge in [-0.25, -0.2) is 4.79 Å². The van der Waals surface area contributed by atoms with Crippen LogP contribution >= 0.6 is 0 Å². The zero-order valence-electron chi connectivity index (χ0n) is 15.8. The first-order chi connectivity index (χ1) is 14.8. The third-order valence-electron chi connectivity index (χ3n) is 3.91. The number of hydrogen-bond acceptors (Lipinski definition) is 9. The van der Waals surface area contributed by atoms with Gasteiger partial charge in [0.2, 0.25) is 6.79 Å². The van der Waals surface area contributed by atoms with Crippen LogP contribution in [0.4, 0.5) is 20.2 Å². The molecule has 0 fully saturated rings. The van der Waals surface area contributed by atoms with E-state index in [-0.39, 0.29) is 12.5 Å². The molecule has 3 rings (SSSR count). The second-order valence-corrected chi connectivity index (χ2v) is 5.85. The standard InChI is InChI=1S/C18H14F2N2O9/c1-27-13-5-10(11(22(25)26)6-15(13)31-18(19)20)17(24)28-7-16(23)21-9-2-3-12-14(4-9)30-8-29-12/h2-6,18H,7-8H2,1H3,(H,21,23). The van der Waals surface area contributed by atoms with Gasteiger partial charge in [0.15, 0.2) is 29.6 Å². The zero-order valence-corrected chi connectivity index (χ0v) is 15.8. The Hall–Kier alpha value is -4.16. The van der Waals surface area contributed by atoms with Crippen molar-refractivity contribution in [3.8, 4) is 23.0 Å². The molecule has 13 heteroatoms. The van der Waals surface area contributed by atoms with Crippen molar-refractivity contribution in [2.24, 2.45) is 0 Å². The lowest BCUT2D eigenvalue weighted by Gasteiger charge is -2.12. The summed E-state index contributed by atoms with van der Waals surface area (Å²) in [5.41, 5.74) is -1.14. The number of nitro benzene ring substituents is 1. The van der Waals surface area contributed by atoms with Crippen molar-refractivity contribution in [2.45, 2.75) is 6.61 Å². The Balaban J connectivity index is 1.70. The van der Waals surface area contributed by atoms with E-state index in [1.807, 2.05) is 0 Å². The number of esters is 1. The number of ether oxygens (including phenoxy) is 5. The average molecular weight is 440 g/mol. The number of halogens is 2. The summed E-state index contributed by atoms with van der Waals surface area (Å²) in [4.78, 5) is 34.6. The molecule has 31 heavy (non-hydrogen) atoms. The highest BCUT2D eigenvalue weighted by atomic mass is 19.3. The van der Waals surface area contributed by atoms with Gasteiger partial charge in [-0.3, -0.25) is 14.9 Å². The number of rotatable bonds is 8. The molecule has 1 amide bonds. The number of nitro groups is 1. The largest absolute Gasteiger partial charge is 0.493 e. The Morgan fingerprint density at radius 2 is 1.94 bits per heavy atom. The summed E-state index contributed by atoms with van der Waals surface area (Å²) >= 11 is 0. The number of anilines is 1. The predicted octanol–water partition coefficient (Wildman–Crippen LogP) is 2.73. The summed E-state index contributed by atoms with van der Waals surface area (Å²) in [6.45, 7) is -4.00. The van der Waals surface area contributed by atoms with E-state index in [4.69, 9.17) is 18.9 Å². The Morgan fingerprint density at radius 3 is 2.61 bits per heavy atom. The Bertz CT molecular complexity index is 1030. The summed E-state index contributed by atoms with van der Waals surface area (Å²) in [7, 11) is 1.09. The number of carbonyl (C=O) groups excluding carboxylic acids is 2. The quantitative estimate of drug-likeness (QED) is 0.373. The zero-order chi connectivity index (χ0) is 22.5. The lowest BCUT2D eigenvalue weighted by atomic mass is 10.1. The third kappa shape index (κ3) is 5.07. The molecule has 0 saturated carbocycles. The fourth-order valence-corrected chi connectivity index (χ4v) is 2.59. The average Bonchev–Trinajstić information content (AvgIpc) is 3.19. The van der Waals surface area contributed by atoms with Crippen LogP contribution in [0.15, 0.2) is 30.3 Å². The van der Waals surface area contributed by atoms with Gasteiger partial charge in [0.05, 0.1) is 18.1 Å². The number of hydrogen-bond donors (Lipinski definition) is 1. The molecule has 1 heterocycles. The van der Waals surface area contributed by atoms with Crippen molar-refractivity contribution in [1.82, 2.24) is 0 Å². The van der Waals surface area contributed by atoms with E-state index in [9.17, 15) is 28.5 Å². The molecular weight excluding hydrogens is 426 g/mol. The van der Waals surface area contributed by atoms with E-state index in [0.29, 0.717) is 23.3 Å². The molecule has 1 N–H and O–H groups in total. The second kappa shape index (κ2) is 9.11. The van der Waals surface area contributed by atoms with Crippen molar-refractivity contribution in [3.63, 3.8) is 0 Å². The molecule has 0 saturated heterocycles. The summed E-state index contributed by atoms with van der Waals surface area (Å²) in [6.07, 6.45) is 0. The Kier molecular flexibility index (Phi) is 6.33. The minimum absolute atomic E-state index is 0.0493. The number of amides is 1. The number of benzene rings is 2. The van der Waals surface area contributed by atoms with Crippen LogP contribution in [0.2, 0.25) is 0 Å². The van der Waals surface area contributed by atoms with Gasteiger partial charge in [0, 0.05) is 17.8 Å². The highest BCUT2D eigenvalue weighted by Gasteiger charge is 2.27. The van der Waals surface area contributed by atoms with Gasteiger partial charge in [0.25, 0.3) is 11.6 Å². The first kappa shape index (κ1) is 21.5. The molecule has 0 spiro atoms. The molecule has 0 atom stereocenters. The first-order valence-corrected chi connectivity index (χ1v) is 8.46. The minimum atomic E-state index is -3.27. The predicted molar refractivity (Wildman–Crippen MR) is 97.8 cm³/mol. The molecule has 2 aromatic carbocycles. The normalized spacial score (nSPS) is 11.7. The Labute approximate surface area is 172 Å². The maximum absolute atomic E-state index is 12.5. The number of nitrogens with one attached hydrogen (secondary N) is 1. The van der Waals surface area contributed by atoms with Crippen LogP contribution in [0.1, 0.15) is 10.4 Å². The monoisotopic (exact) mass is 440 g/mol. The molecule has 1 aliphatic rings. The lowest BCUT2D eigenvalue weighted by Crippen LogP contribution is -2.21. The van der Waals surface area contributed by atoms with E-state index >= 15 is 0 Å². The fourth-order valence-electron chi connectivity index (χ4n) is 2.59. The number of nitrogens with zero attached hydrogens (tertiary/aromatic N) is 1. The van der Waals surface area contributed by atoms with Gasteiger partial charge in [0.1, 0.15) is 5.56 Å². The molecular formula is C18H14F2N2O9. The van der Waals surface area contributed by atoms with Crippen LogP contribution in [-0.4, -0.2) is 43.9 Å². The molecule has 0 radical (unpaired) electrons. The summed E-state index contributed by atoms with van der Waals surface area (Å²) < 4.78 is 49.1. The number of carbonyl (C=O) groups is 2. The van der Waals surface area contributed by atoms with Gasteiger partial charge in [-0.05, 0) is 12.1 Å². The molecule has 1 aliphatic heterocycles. The molecule has 0 aromatic heterocycles. The smallest absolute Gasteiger partial charge is 0.387 e. The van der Waals surface area contributed by atoms with Crippen molar-refractivity contribution in [1.29, 1.82) is 0 Å². The van der Waals surface area contributed by atoms with Crippen LogP contribution in [0, 0.1) is 10.1 Å². The summed E-state index contributed by atoms with van der Waals surface area (Å²) in [5, 5.41) is 13.7. The van der Waals surface area contributed by atoms with E-state index in [2.05, 4.69) is 10.1 Å². The van der Waals surface area contributed by atoms with Crippen molar-refractivity contribution >= 4 is 23.3 Å². The van der Waals surface area contributed by atoms with Crippen LogP contribution in [-0.2, 0) is 9.53 Å². The summed E-state index contributed by atoms with van der Waals surface area (Å²) in [5.74, 6) is -2.05. The van der Waals surface area contributed by atoms with Crippen molar-refractivity contribution in [2.75, 3.05) is 25.8 Å². The van der Waals surface area contributed by atoms with Gasteiger partial charge in [-0.1, -0.05) is 0 Å². The van der Waals surface area contributed by atoms with Crippen LogP contribution < -0.4 is 24.3 Å². The van der Waals surface area contributed by atoms with E-state index < -0.39 is 47.0 Å². The van der Waals surface area contributed by atoms with Gasteiger partial charge in [-0.2, -0.15) is 8.78 Å². The topological polar surface area (TPSA) is 135 Å². The molecule has 0 unspecified atom stereocenters. The third-order valence-corrected chi connectivity index (χ3v) is 3.91. The van der Waals surface area contributed by atoms with E-state index in [1.54, 1.807) is 6.07 Å². The van der Waals surface area contributed by atoms with Crippen LogP contribution in [0.5, 0.6) is 23.0 Å². The van der Waals surface area contributed by atoms with Gasteiger partial charge < -0.3 is 29.0 Å². The second-order valence-electron chi connectivity index (χ2n) is 5.85. The maximum Gasteiger partial charge on any atom is 0.387 e. The van der Waals surface area contributed by atoms with E-state index in [1.165, 1.54) is 12.1 Å². The molecule has 2 aromatic rings. The lowest BCUT2D eigenvalue weighted by molar-refractivity contribution is -0.385.